The van der Waals surface area contributed by atoms with Crippen LogP contribution in [-0.4, -0.2) is 23.1 Å². The van der Waals surface area contributed by atoms with E-state index in [0.717, 1.165) is 18.1 Å². The highest BCUT2D eigenvalue weighted by Crippen LogP contribution is 2.29. The standard InChI is InChI=1S/C12H15N3S/c1-2-9(6-13-4-1)11-8-16-12(15-11)10-3-5-14-7-10/h3,5,7-9,13-14H,1-2,4,6H2. The van der Waals surface area contributed by atoms with Crippen molar-refractivity contribution in [3.8, 4) is 10.6 Å². The quantitative estimate of drug-likeness (QED) is 0.837. The van der Waals surface area contributed by atoms with Gasteiger partial charge in [-0.3, -0.25) is 0 Å². The van der Waals surface area contributed by atoms with E-state index in [0.29, 0.717) is 5.92 Å². The smallest absolute Gasteiger partial charge is 0.125 e. The molecule has 1 unspecified atom stereocenters. The van der Waals surface area contributed by atoms with E-state index in [2.05, 4.69) is 21.7 Å². The van der Waals surface area contributed by atoms with Gasteiger partial charge in [-0.15, -0.1) is 11.3 Å². The van der Waals surface area contributed by atoms with Crippen molar-refractivity contribution in [1.82, 2.24) is 15.3 Å². The van der Waals surface area contributed by atoms with Gasteiger partial charge in [-0.25, -0.2) is 4.98 Å². The topological polar surface area (TPSA) is 40.7 Å². The zero-order valence-electron chi connectivity index (χ0n) is 9.07. The molecule has 84 valence electrons. The normalized spacial score (nSPS) is 21.1. The summed E-state index contributed by atoms with van der Waals surface area (Å²) in [5.41, 5.74) is 2.45. The maximum atomic E-state index is 4.73. The summed E-state index contributed by atoms with van der Waals surface area (Å²) in [5, 5.41) is 6.77. The van der Waals surface area contributed by atoms with Crippen molar-refractivity contribution < 1.29 is 0 Å². The summed E-state index contributed by atoms with van der Waals surface area (Å²) >= 11 is 1.74. The molecule has 2 N–H and O–H groups in total. The van der Waals surface area contributed by atoms with Crippen molar-refractivity contribution in [2.24, 2.45) is 0 Å². The predicted molar refractivity (Wildman–Crippen MR) is 66.7 cm³/mol. The molecule has 0 bridgehead atoms. The lowest BCUT2D eigenvalue weighted by Gasteiger charge is -2.20. The second kappa shape index (κ2) is 4.39. The molecule has 0 spiro atoms. The Labute approximate surface area is 98.9 Å². The number of thiazole rings is 1. The van der Waals surface area contributed by atoms with E-state index in [9.17, 15) is 0 Å². The molecule has 16 heavy (non-hydrogen) atoms. The molecule has 0 saturated carbocycles. The van der Waals surface area contributed by atoms with Gasteiger partial charge in [0, 0.05) is 35.8 Å². The van der Waals surface area contributed by atoms with Crippen LogP contribution in [0.25, 0.3) is 10.6 Å². The van der Waals surface area contributed by atoms with Gasteiger partial charge >= 0.3 is 0 Å². The maximum absolute atomic E-state index is 4.73. The number of hydrogen-bond acceptors (Lipinski definition) is 3. The van der Waals surface area contributed by atoms with Crippen molar-refractivity contribution in [3.05, 3.63) is 29.5 Å². The molecular weight excluding hydrogens is 218 g/mol. The number of nitrogens with zero attached hydrogens (tertiary/aromatic N) is 1. The van der Waals surface area contributed by atoms with Crippen molar-refractivity contribution in [3.63, 3.8) is 0 Å². The summed E-state index contributed by atoms with van der Waals surface area (Å²) in [7, 11) is 0. The van der Waals surface area contributed by atoms with Crippen molar-refractivity contribution in [1.29, 1.82) is 0 Å². The van der Waals surface area contributed by atoms with E-state index in [1.165, 1.54) is 24.1 Å². The van der Waals surface area contributed by atoms with E-state index < -0.39 is 0 Å². The third kappa shape index (κ3) is 1.90. The van der Waals surface area contributed by atoms with Crippen molar-refractivity contribution in [2.45, 2.75) is 18.8 Å². The first-order valence-electron chi connectivity index (χ1n) is 5.73. The van der Waals surface area contributed by atoms with Gasteiger partial charge in [-0.2, -0.15) is 0 Å². The molecule has 4 heteroatoms. The van der Waals surface area contributed by atoms with Gasteiger partial charge in [0.2, 0.25) is 0 Å². The van der Waals surface area contributed by atoms with Crippen LogP contribution < -0.4 is 5.32 Å². The fourth-order valence-corrected chi connectivity index (χ4v) is 3.07. The lowest BCUT2D eigenvalue weighted by Crippen LogP contribution is -2.28. The zero-order chi connectivity index (χ0) is 10.8. The number of hydrogen-bond donors (Lipinski definition) is 2. The molecule has 1 atom stereocenters. The number of aromatic nitrogens is 2. The van der Waals surface area contributed by atoms with Crippen LogP contribution in [0.4, 0.5) is 0 Å². The van der Waals surface area contributed by atoms with E-state index in [1.54, 1.807) is 11.3 Å². The van der Waals surface area contributed by atoms with Crippen LogP contribution in [0.15, 0.2) is 23.8 Å². The summed E-state index contributed by atoms with van der Waals surface area (Å²) in [5.74, 6) is 0.609. The van der Waals surface area contributed by atoms with E-state index in [-0.39, 0.29) is 0 Å². The molecule has 2 aromatic heterocycles. The van der Waals surface area contributed by atoms with Gasteiger partial charge in [0.1, 0.15) is 5.01 Å². The summed E-state index contributed by atoms with van der Waals surface area (Å²) in [4.78, 5) is 7.81. The Hall–Kier alpha value is -1.13. The SMILES string of the molecule is c1cc(-c2nc(C3CCCNC3)cs2)c[nH]1. The third-order valence-corrected chi connectivity index (χ3v) is 3.99. The van der Waals surface area contributed by atoms with Crippen molar-refractivity contribution >= 4 is 11.3 Å². The molecule has 3 heterocycles. The number of piperidine rings is 1. The fraction of sp³-hybridized carbons (Fsp3) is 0.417. The Balaban J connectivity index is 1.82. The minimum absolute atomic E-state index is 0.609. The summed E-state index contributed by atoms with van der Waals surface area (Å²) < 4.78 is 0. The average Bonchev–Trinajstić information content (AvgIpc) is 3.01. The molecular formula is C12H15N3S. The van der Waals surface area contributed by atoms with Crippen LogP contribution in [0.1, 0.15) is 24.5 Å². The molecule has 0 radical (unpaired) electrons. The minimum atomic E-state index is 0.609. The van der Waals surface area contributed by atoms with Crippen LogP contribution in [0.3, 0.4) is 0 Å². The molecule has 1 aliphatic rings. The molecule has 0 aliphatic carbocycles. The Bertz CT molecular complexity index is 441. The first-order valence-corrected chi connectivity index (χ1v) is 6.61. The monoisotopic (exact) mass is 233 g/mol. The van der Waals surface area contributed by atoms with Crippen LogP contribution in [0.5, 0.6) is 0 Å². The summed E-state index contributed by atoms with van der Waals surface area (Å²) in [6.45, 7) is 2.24. The molecule has 0 amide bonds. The van der Waals surface area contributed by atoms with Crippen molar-refractivity contribution in [2.75, 3.05) is 13.1 Å². The lowest BCUT2D eigenvalue weighted by molar-refractivity contribution is 0.456. The van der Waals surface area contributed by atoms with Gasteiger partial charge in [0.15, 0.2) is 0 Å². The van der Waals surface area contributed by atoms with E-state index in [4.69, 9.17) is 4.98 Å². The number of nitrogens with one attached hydrogen (secondary N) is 2. The molecule has 3 rings (SSSR count). The summed E-state index contributed by atoms with van der Waals surface area (Å²) in [6, 6.07) is 2.07. The van der Waals surface area contributed by atoms with Gasteiger partial charge in [-0.05, 0) is 25.5 Å². The Morgan fingerprint density at radius 1 is 1.44 bits per heavy atom. The van der Waals surface area contributed by atoms with Crippen LogP contribution in [0.2, 0.25) is 0 Å². The second-order valence-electron chi connectivity index (χ2n) is 4.22. The number of rotatable bonds is 2. The second-order valence-corrected chi connectivity index (χ2v) is 5.08. The Kier molecular flexibility index (Phi) is 2.76. The molecule has 3 nitrogen and oxygen atoms in total. The average molecular weight is 233 g/mol. The van der Waals surface area contributed by atoms with Gasteiger partial charge in [0.25, 0.3) is 0 Å². The van der Waals surface area contributed by atoms with Gasteiger partial charge < -0.3 is 10.3 Å². The van der Waals surface area contributed by atoms with E-state index >= 15 is 0 Å². The van der Waals surface area contributed by atoms with E-state index in [1.807, 2.05) is 12.4 Å². The molecule has 2 aromatic rings. The maximum Gasteiger partial charge on any atom is 0.125 e. The largest absolute Gasteiger partial charge is 0.367 e. The molecule has 1 aliphatic heterocycles. The zero-order valence-corrected chi connectivity index (χ0v) is 9.89. The van der Waals surface area contributed by atoms with Crippen LogP contribution >= 0.6 is 11.3 Å². The highest BCUT2D eigenvalue weighted by Gasteiger charge is 2.18. The highest BCUT2D eigenvalue weighted by atomic mass is 32.1. The molecule has 1 saturated heterocycles. The molecule has 0 aromatic carbocycles. The highest BCUT2D eigenvalue weighted by molar-refractivity contribution is 7.13. The van der Waals surface area contributed by atoms with Gasteiger partial charge in [-0.1, -0.05) is 0 Å². The molecule has 1 fully saturated rings. The summed E-state index contributed by atoms with van der Waals surface area (Å²) in [6.07, 6.45) is 6.48. The third-order valence-electron chi connectivity index (χ3n) is 3.08. The fourth-order valence-electron chi connectivity index (χ4n) is 2.17. The Morgan fingerprint density at radius 2 is 2.44 bits per heavy atom. The first-order chi connectivity index (χ1) is 7.93. The first kappa shape index (κ1) is 10.1. The lowest BCUT2D eigenvalue weighted by atomic mass is 9.97. The minimum Gasteiger partial charge on any atom is -0.367 e. The Morgan fingerprint density at radius 3 is 3.19 bits per heavy atom. The number of aromatic amines is 1. The van der Waals surface area contributed by atoms with Crippen LogP contribution in [0, 0.1) is 0 Å². The predicted octanol–water partition coefficient (Wildman–Crippen LogP) is 2.61. The number of H-pyrrole nitrogens is 1. The van der Waals surface area contributed by atoms with Gasteiger partial charge in [0.05, 0.1) is 5.69 Å². The van der Waals surface area contributed by atoms with Crippen LogP contribution in [-0.2, 0) is 0 Å².